The monoisotopic (exact) mass is 525 g/mol. The number of esters is 1. The van der Waals surface area contributed by atoms with Crippen LogP contribution in [0.15, 0.2) is 66.1 Å². The van der Waals surface area contributed by atoms with Gasteiger partial charge in [0.1, 0.15) is 11.5 Å². The highest BCUT2D eigenvalue weighted by Crippen LogP contribution is 2.48. The van der Waals surface area contributed by atoms with Crippen LogP contribution in [0.25, 0.3) is 16.8 Å². The molecule has 6 heteroatoms. The topological polar surface area (TPSA) is 48.0 Å². The van der Waals surface area contributed by atoms with Gasteiger partial charge in [-0.25, -0.2) is 4.79 Å². The quantitative estimate of drug-likeness (QED) is 0.255. The molecule has 38 heavy (non-hydrogen) atoms. The Morgan fingerprint density at radius 1 is 1.00 bits per heavy atom. The molecule has 1 atom stereocenters. The van der Waals surface area contributed by atoms with E-state index in [1.807, 2.05) is 30.3 Å². The molecule has 4 aromatic rings. The van der Waals surface area contributed by atoms with Crippen LogP contribution in [0.4, 0.5) is 5.69 Å². The van der Waals surface area contributed by atoms with E-state index in [1.165, 1.54) is 37.6 Å². The molecule has 1 saturated heterocycles. The summed E-state index contributed by atoms with van der Waals surface area (Å²) in [5, 5.41) is 3.92. The SMILES string of the molecule is COC(=O)c1cc2ccc(OC)cc2c2c1C=CC(c1ccc(N3CCCCC3)cc1)(c1cc(C)cs1)O2. The average molecular weight is 526 g/mol. The number of methoxy groups -OCH3 is 2. The van der Waals surface area contributed by atoms with Crippen LogP contribution in [0.2, 0.25) is 0 Å². The summed E-state index contributed by atoms with van der Waals surface area (Å²) in [6, 6.07) is 18.6. The minimum Gasteiger partial charge on any atom is -0.497 e. The Balaban J connectivity index is 1.53. The van der Waals surface area contributed by atoms with E-state index in [1.54, 1.807) is 18.4 Å². The summed E-state index contributed by atoms with van der Waals surface area (Å²) in [6.45, 7) is 4.30. The summed E-state index contributed by atoms with van der Waals surface area (Å²) in [4.78, 5) is 16.4. The van der Waals surface area contributed by atoms with Crippen molar-refractivity contribution in [3.63, 3.8) is 0 Å². The predicted octanol–water partition coefficient (Wildman–Crippen LogP) is 7.34. The highest BCUT2D eigenvalue weighted by molar-refractivity contribution is 7.10. The van der Waals surface area contributed by atoms with E-state index >= 15 is 0 Å². The second kappa shape index (κ2) is 9.84. The molecule has 1 aromatic heterocycles. The zero-order valence-corrected chi connectivity index (χ0v) is 22.8. The van der Waals surface area contributed by atoms with Crippen molar-refractivity contribution < 1.29 is 19.0 Å². The fourth-order valence-electron chi connectivity index (χ4n) is 5.56. The zero-order chi connectivity index (χ0) is 26.3. The molecule has 0 saturated carbocycles. The molecular weight excluding hydrogens is 494 g/mol. The second-order valence-electron chi connectivity index (χ2n) is 10.00. The lowest BCUT2D eigenvalue weighted by atomic mass is 9.86. The van der Waals surface area contributed by atoms with Gasteiger partial charge in [0.2, 0.25) is 0 Å². The summed E-state index contributed by atoms with van der Waals surface area (Å²) in [6.07, 6.45) is 7.87. The number of piperidine rings is 1. The molecule has 0 aliphatic carbocycles. The number of carbonyl (C=O) groups excluding carboxylic acids is 1. The molecule has 0 spiro atoms. The number of hydrogen-bond acceptors (Lipinski definition) is 6. The number of ether oxygens (including phenoxy) is 3. The Kier molecular flexibility index (Phi) is 6.36. The number of fused-ring (bicyclic) bond motifs is 3. The average Bonchev–Trinajstić information content (AvgIpc) is 3.43. The molecular formula is C32H31NO4S. The molecule has 0 amide bonds. The zero-order valence-electron chi connectivity index (χ0n) is 22.0. The minimum absolute atomic E-state index is 0.391. The standard InChI is InChI=1S/C32H31NO4S/c1-21-17-29(38-20-21)32(23-8-10-24(11-9-23)33-15-5-4-6-16-33)14-13-26-28(31(34)36-3)18-22-7-12-25(35-2)19-27(22)30(26)37-32/h7-14,17-20H,4-6,15-16H2,1-3H3. The van der Waals surface area contributed by atoms with Crippen molar-refractivity contribution in [2.45, 2.75) is 31.8 Å². The third-order valence-electron chi connectivity index (χ3n) is 7.61. The first-order valence-corrected chi connectivity index (χ1v) is 13.9. The van der Waals surface area contributed by atoms with Gasteiger partial charge >= 0.3 is 5.97 Å². The fraction of sp³-hybridized carbons (Fsp3) is 0.281. The first kappa shape index (κ1) is 24.6. The van der Waals surface area contributed by atoms with E-state index in [0.717, 1.165) is 40.1 Å². The lowest BCUT2D eigenvalue weighted by Gasteiger charge is -2.36. The van der Waals surface area contributed by atoms with E-state index in [-0.39, 0.29) is 0 Å². The van der Waals surface area contributed by atoms with Crippen molar-refractivity contribution in [3.05, 3.63) is 93.2 Å². The fourth-order valence-corrected chi connectivity index (χ4v) is 6.60. The molecule has 6 rings (SSSR count). The van der Waals surface area contributed by atoms with Gasteiger partial charge in [0.15, 0.2) is 5.60 Å². The summed E-state index contributed by atoms with van der Waals surface area (Å²) >= 11 is 1.68. The van der Waals surface area contributed by atoms with E-state index < -0.39 is 11.6 Å². The van der Waals surface area contributed by atoms with E-state index in [4.69, 9.17) is 14.2 Å². The van der Waals surface area contributed by atoms with Crippen molar-refractivity contribution >= 4 is 39.8 Å². The third kappa shape index (κ3) is 4.13. The number of aryl methyl sites for hydroxylation is 1. The van der Waals surface area contributed by atoms with Gasteiger partial charge in [-0.1, -0.05) is 18.2 Å². The summed E-state index contributed by atoms with van der Waals surface area (Å²) in [7, 11) is 3.06. The van der Waals surface area contributed by atoms with E-state index in [0.29, 0.717) is 16.9 Å². The normalized spacial score (nSPS) is 18.7. The Hall–Kier alpha value is -3.77. The smallest absolute Gasteiger partial charge is 0.338 e. The molecule has 1 unspecified atom stereocenters. The van der Waals surface area contributed by atoms with Gasteiger partial charge in [-0.3, -0.25) is 0 Å². The van der Waals surface area contributed by atoms with Gasteiger partial charge in [0, 0.05) is 35.3 Å². The summed E-state index contributed by atoms with van der Waals surface area (Å²) in [5.74, 6) is 0.986. The molecule has 2 aliphatic heterocycles. The van der Waals surface area contributed by atoms with Crippen molar-refractivity contribution in [1.82, 2.24) is 0 Å². The first-order valence-electron chi connectivity index (χ1n) is 13.0. The second-order valence-corrected chi connectivity index (χ2v) is 10.9. The number of thiophene rings is 1. The molecule has 3 heterocycles. The maximum absolute atomic E-state index is 12.8. The van der Waals surface area contributed by atoms with Crippen LogP contribution in [0.5, 0.6) is 11.5 Å². The van der Waals surface area contributed by atoms with Gasteiger partial charge in [0.25, 0.3) is 0 Å². The van der Waals surface area contributed by atoms with Crippen LogP contribution in [-0.4, -0.2) is 33.3 Å². The maximum Gasteiger partial charge on any atom is 0.338 e. The molecule has 0 radical (unpaired) electrons. The number of anilines is 1. The molecule has 0 N–H and O–H groups in total. The van der Waals surface area contributed by atoms with Crippen molar-refractivity contribution in [2.75, 3.05) is 32.2 Å². The van der Waals surface area contributed by atoms with E-state index in [9.17, 15) is 4.79 Å². The minimum atomic E-state index is -0.836. The van der Waals surface area contributed by atoms with Crippen LogP contribution in [-0.2, 0) is 10.3 Å². The largest absolute Gasteiger partial charge is 0.497 e. The Morgan fingerprint density at radius 3 is 2.47 bits per heavy atom. The number of nitrogens with zero attached hydrogens (tertiary/aromatic N) is 1. The molecule has 1 fully saturated rings. The highest BCUT2D eigenvalue weighted by Gasteiger charge is 2.40. The molecule has 3 aromatic carbocycles. The molecule has 0 bridgehead atoms. The van der Waals surface area contributed by atoms with Gasteiger partial charge < -0.3 is 19.1 Å². The Bertz CT molecular complexity index is 1530. The van der Waals surface area contributed by atoms with Crippen molar-refractivity contribution in [1.29, 1.82) is 0 Å². The van der Waals surface area contributed by atoms with Crippen LogP contribution >= 0.6 is 11.3 Å². The number of benzene rings is 3. The van der Waals surface area contributed by atoms with Crippen LogP contribution in [0, 0.1) is 6.92 Å². The van der Waals surface area contributed by atoms with Gasteiger partial charge in [-0.05, 0) is 91.1 Å². The van der Waals surface area contributed by atoms with Crippen molar-refractivity contribution in [3.8, 4) is 11.5 Å². The van der Waals surface area contributed by atoms with Gasteiger partial charge in [-0.15, -0.1) is 11.3 Å². The van der Waals surface area contributed by atoms with Gasteiger partial charge in [0.05, 0.1) is 24.7 Å². The summed E-state index contributed by atoms with van der Waals surface area (Å²) < 4.78 is 17.8. The first-order chi connectivity index (χ1) is 18.5. The highest BCUT2D eigenvalue weighted by atomic mass is 32.1. The van der Waals surface area contributed by atoms with E-state index in [2.05, 4.69) is 53.6 Å². The number of carbonyl (C=O) groups is 1. The lowest BCUT2D eigenvalue weighted by Crippen LogP contribution is -2.34. The van der Waals surface area contributed by atoms with Crippen molar-refractivity contribution in [2.24, 2.45) is 0 Å². The Morgan fingerprint density at radius 2 is 1.79 bits per heavy atom. The number of hydrogen-bond donors (Lipinski definition) is 0. The van der Waals surface area contributed by atoms with Crippen LogP contribution in [0.3, 0.4) is 0 Å². The maximum atomic E-state index is 12.8. The lowest BCUT2D eigenvalue weighted by molar-refractivity contribution is 0.0599. The molecule has 2 aliphatic rings. The third-order valence-corrected chi connectivity index (χ3v) is 8.77. The van der Waals surface area contributed by atoms with Gasteiger partial charge in [-0.2, -0.15) is 0 Å². The predicted molar refractivity (Wildman–Crippen MR) is 154 cm³/mol. The summed E-state index contributed by atoms with van der Waals surface area (Å²) in [5.41, 5.74) is 3.83. The van der Waals surface area contributed by atoms with Crippen LogP contribution < -0.4 is 14.4 Å². The van der Waals surface area contributed by atoms with Crippen LogP contribution in [0.1, 0.15) is 51.2 Å². The number of rotatable bonds is 5. The molecule has 5 nitrogen and oxygen atoms in total. The molecule has 194 valence electrons. The Labute approximate surface area is 227 Å².